The number of thiocarbonyl (C=S) groups is 1. The fraction of sp³-hybridized carbons (Fsp3) is 0. The highest BCUT2D eigenvalue weighted by Crippen LogP contribution is 2.05. The van der Waals surface area contributed by atoms with Gasteiger partial charge in [-0.3, -0.25) is 0 Å². The lowest BCUT2D eigenvalue weighted by atomic mass is 10.3. The van der Waals surface area contributed by atoms with Crippen LogP contribution in [0.3, 0.4) is 0 Å². The summed E-state index contributed by atoms with van der Waals surface area (Å²) < 4.78 is 1.86. The zero-order valence-corrected chi connectivity index (χ0v) is 8.37. The highest BCUT2D eigenvalue weighted by atomic mass is 32.1. The molecule has 0 aliphatic heterocycles. The van der Waals surface area contributed by atoms with Crippen molar-refractivity contribution in [3.8, 4) is 0 Å². The number of para-hydroxylation sites is 1. The molecule has 70 valence electrons. The quantitative estimate of drug-likeness (QED) is 0.716. The second-order valence-electron chi connectivity index (χ2n) is 2.89. The minimum atomic E-state index is 0.682. The molecule has 0 saturated carbocycles. The van der Waals surface area contributed by atoms with Crippen molar-refractivity contribution in [2.24, 2.45) is 0 Å². The van der Waals surface area contributed by atoms with Gasteiger partial charge in [0.05, 0.1) is 0 Å². The first-order chi connectivity index (χ1) is 6.86. The zero-order chi connectivity index (χ0) is 9.80. The van der Waals surface area contributed by atoms with Crippen LogP contribution in [-0.2, 0) is 0 Å². The molecule has 1 aromatic carbocycles. The zero-order valence-electron chi connectivity index (χ0n) is 7.55. The molecule has 0 aliphatic carbocycles. The van der Waals surface area contributed by atoms with Crippen LogP contribution >= 0.6 is 12.2 Å². The first-order valence-electron chi connectivity index (χ1n) is 4.35. The third-order valence-electron chi connectivity index (χ3n) is 1.86. The van der Waals surface area contributed by atoms with E-state index in [9.17, 15) is 0 Å². The topological polar surface area (TPSA) is 17.0 Å². The molecule has 14 heavy (non-hydrogen) atoms. The maximum Gasteiger partial charge on any atom is 0.181 e. The van der Waals surface area contributed by atoms with E-state index in [1.54, 1.807) is 0 Å². The minimum absolute atomic E-state index is 0.682. The Morgan fingerprint density at radius 3 is 2.29 bits per heavy atom. The number of aromatic nitrogens is 1. The Kier molecular flexibility index (Phi) is 2.60. The smallest absolute Gasteiger partial charge is 0.181 e. The number of hydrogen-bond donors (Lipinski definition) is 1. The van der Waals surface area contributed by atoms with Crippen molar-refractivity contribution in [3.63, 3.8) is 0 Å². The van der Waals surface area contributed by atoms with Crippen LogP contribution in [0.4, 0.5) is 5.69 Å². The van der Waals surface area contributed by atoms with Gasteiger partial charge in [0.2, 0.25) is 0 Å². The molecule has 3 heteroatoms. The van der Waals surface area contributed by atoms with Crippen LogP contribution in [0.15, 0.2) is 54.9 Å². The Labute approximate surface area is 88.2 Å². The van der Waals surface area contributed by atoms with Crippen molar-refractivity contribution < 1.29 is 0 Å². The van der Waals surface area contributed by atoms with E-state index in [0.717, 1.165) is 5.69 Å². The highest BCUT2D eigenvalue weighted by molar-refractivity contribution is 7.80. The number of hydrogen-bond acceptors (Lipinski definition) is 1. The molecule has 0 atom stereocenters. The van der Waals surface area contributed by atoms with Crippen molar-refractivity contribution in [1.29, 1.82) is 0 Å². The normalized spacial score (nSPS) is 9.71. The van der Waals surface area contributed by atoms with Crippen molar-refractivity contribution in [2.45, 2.75) is 0 Å². The molecule has 0 saturated heterocycles. The number of nitrogens with zero attached hydrogens (tertiary/aromatic N) is 1. The highest BCUT2D eigenvalue weighted by Gasteiger charge is 1.97. The summed E-state index contributed by atoms with van der Waals surface area (Å²) in [6, 6.07) is 13.8. The summed E-state index contributed by atoms with van der Waals surface area (Å²) in [6.45, 7) is 0. The summed E-state index contributed by atoms with van der Waals surface area (Å²) in [5.74, 6) is 0. The lowest BCUT2D eigenvalue weighted by molar-refractivity contribution is 1.18. The fourth-order valence-corrected chi connectivity index (χ4v) is 1.42. The predicted molar refractivity (Wildman–Crippen MR) is 62.5 cm³/mol. The van der Waals surface area contributed by atoms with Gasteiger partial charge in [-0.1, -0.05) is 18.2 Å². The van der Waals surface area contributed by atoms with E-state index in [4.69, 9.17) is 12.2 Å². The molecule has 0 bridgehead atoms. The van der Waals surface area contributed by atoms with E-state index in [-0.39, 0.29) is 0 Å². The molecule has 0 radical (unpaired) electrons. The van der Waals surface area contributed by atoms with Gasteiger partial charge in [-0.2, -0.15) is 0 Å². The summed E-state index contributed by atoms with van der Waals surface area (Å²) in [7, 11) is 0. The molecule has 2 nitrogen and oxygen atoms in total. The molecule has 0 unspecified atom stereocenters. The van der Waals surface area contributed by atoms with Crippen LogP contribution in [-0.4, -0.2) is 9.68 Å². The van der Waals surface area contributed by atoms with Crippen LogP contribution in [0, 0.1) is 0 Å². The average Bonchev–Trinajstić information content (AvgIpc) is 2.72. The number of nitrogens with one attached hydrogen (secondary N) is 1. The molecule has 0 spiro atoms. The van der Waals surface area contributed by atoms with Crippen LogP contribution in [0.25, 0.3) is 0 Å². The first kappa shape index (κ1) is 8.97. The lowest BCUT2D eigenvalue weighted by Gasteiger charge is -2.07. The summed E-state index contributed by atoms with van der Waals surface area (Å²) in [5.41, 5.74) is 1.01. The van der Waals surface area contributed by atoms with E-state index < -0.39 is 0 Å². The van der Waals surface area contributed by atoms with Crippen molar-refractivity contribution in [1.82, 2.24) is 4.57 Å². The molecule has 0 amide bonds. The van der Waals surface area contributed by atoms with E-state index in [1.165, 1.54) is 0 Å². The number of benzene rings is 1. The van der Waals surface area contributed by atoms with E-state index in [1.807, 2.05) is 59.4 Å². The Morgan fingerprint density at radius 1 is 1.00 bits per heavy atom. The maximum absolute atomic E-state index is 5.21. The molecule has 1 N–H and O–H groups in total. The second kappa shape index (κ2) is 4.07. The van der Waals surface area contributed by atoms with Gasteiger partial charge < -0.3 is 9.88 Å². The van der Waals surface area contributed by atoms with Crippen LogP contribution in [0.1, 0.15) is 0 Å². The van der Waals surface area contributed by atoms with Crippen molar-refractivity contribution in [3.05, 3.63) is 54.9 Å². The van der Waals surface area contributed by atoms with E-state index >= 15 is 0 Å². The Morgan fingerprint density at radius 2 is 1.64 bits per heavy atom. The van der Waals surface area contributed by atoms with Crippen LogP contribution in [0.5, 0.6) is 0 Å². The molecule has 0 aliphatic rings. The maximum atomic E-state index is 5.21. The third-order valence-corrected chi connectivity index (χ3v) is 2.18. The van der Waals surface area contributed by atoms with Gasteiger partial charge in [0.15, 0.2) is 5.11 Å². The largest absolute Gasteiger partial charge is 0.332 e. The van der Waals surface area contributed by atoms with Gasteiger partial charge in [0.25, 0.3) is 0 Å². The minimum Gasteiger partial charge on any atom is -0.332 e. The van der Waals surface area contributed by atoms with E-state index in [0.29, 0.717) is 5.11 Å². The Balaban J connectivity index is 2.10. The number of anilines is 1. The van der Waals surface area contributed by atoms with E-state index in [2.05, 4.69) is 5.32 Å². The summed E-state index contributed by atoms with van der Waals surface area (Å²) >= 11 is 5.21. The monoisotopic (exact) mass is 202 g/mol. The standard InChI is InChI=1S/C11H10N2S/c14-11(13-8-4-5-9-13)12-10-6-2-1-3-7-10/h1-9H,(H,12,14). The summed E-state index contributed by atoms with van der Waals surface area (Å²) in [4.78, 5) is 0. The van der Waals surface area contributed by atoms with Gasteiger partial charge in [-0.05, 0) is 36.5 Å². The lowest BCUT2D eigenvalue weighted by Crippen LogP contribution is -2.16. The van der Waals surface area contributed by atoms with Crippen LogP contribution in [0.2, 0.25) is 0 Å². The van der Waals surface area contributed by atoms with Gasteiger partial charge in [0, 0.05) is 18.1 Å². The van der Waals surface area contributed by atoms with Crippen molar-refractivity contribution in [2.75, 3.05) is 5.32 Å². The molecule has 2 rings (SSSR count). The van der Waals surface area contributed by atoms with Gasteiger partial charge in [-0.25, -0.2) is 0 Å². The fourth-order valence-electron chi connectivity index (χ4n) is 1.18. The molecular formula is C11H10N2S. The first-order valence-corrected chi connectivity index (χ1v) is 4.76. The molecule has 1 aromatic heterocycles. The second-order valence-corrected chi connectivity index (χ2v) is 3.27. The molecular weight excluding hydrogens is 192 g/mol. The summed E-state index contributed by atoms with van der Waals surface area (Å²) in [6.07, 6.45) is 3.83. The predicted octanol–water partition coefficient (Wildman–Crippen LogP) is 2.73. The third kappa shape index (κ3) is 2.00. The summed E-state index contributed by atoms with van der Waals surface area (Å²) in [5, 5.41) is 3.82. The molecule has 1 heterocycles. The molecule has 2 aromatic rings. The van der Waals surface area contributed by atoms with Crippen molar-refractivity contribution >= 4 is 23.0 Å². The Hall–Kier alpha value is -1.61. The van der Waals surface area contributed by atoms with Crippen LogP contribution < -0.4 is 5.32 Å². The van der Waals surface area contributed by atoms with Gasteiger partial charge in [0.1, 0.15) is 0 Å². The molecule has 0 fully saturated rings. The SMILES string of the molecule is S=C(Nc1ccccc1)n1cccc1. The van der Waals surface area contributed by atoms with Gasteiger partial charge in [-0.15, -0.1) is 0 Å². The number of rotatable bonds is 1. The average molecular weight is 202 g/mol. The van der Waals surface area contributed by atoms with Gasteiger partial charge >= 0.3 is 0 Å². The Bertz CT molecular complexity index is 406.